The Labute approximate surface area is 186 Å². The number of nitrogens with zero attached hydrogens (tertiary/aromatic N) is 1. The van der Waals surface area contributed by atoms with Crippen molar-refractivity contribution in [3.8, 4) is 0 Å². The summed E-state index contributed by atoms with van der Waals surface area (Å²) in [6, 6.07) is 21.5. The Morgan fingerprint density at radius 1 is 1.11 bits per heavy atom. The van der Waals surface area contributed by atoms with Crippen LogP contribution in [0.15, 0.2) is 65.7 Å². The topological polar surface area (TPSA) is 45.7 Å². The van der Waals surface area contributed by atoms with E-state index in [1.165, 1.54) is 11.1 Å². The van der Waals surface area contributed by atoms with Crippen molar-refractivity contribution in [1.29, 1.82) is 0 Å². The molecule has 1 heterocycles. The number of aryl methyl sites for hydroxylation is 1. The van der Waals surface area contributed by atoms with Crippen molar-refractivity contribution in [2.24, 2.45) is 10.9 Å². The van der Waals surface area contributed by atoms with Crippen LogP contribution in [0.1, 0.15) is 37.0 Å². The number of nitrogens with one attached hydrogen (secondary N) is 2. The number of halogens is 1. The smallest absolute Gasteiger partial charge is 0.191 e. The lowest BCUT2D eigenvalue weighted by atomic mass is 9.95. The third kappa shape index (κ3) is 6.78. The number of rotatable bonds is 7. The molecule has 1 aliphatic rings. The van der Waals surface area contributed by atoms with Gasteiger partial charge in [-0.2, -0.15) is 0 Å². The van der Waals surface area contributed by atoms with Crippen molar-refractivity contribution >= 4 is 29.9 Å². The van der Waals surface area contributed by atoms with E-state index in [4.69, 9.17) is 4.74 Å². The molecule has 1 saturated heterocycles. The molecule has 0 radical (unpaired) electrons. The van der Waals surface area contributed by atoms with Crippen LogP contribution in [-0.2, 0) is 11.2 Å². The van der Waals surface area contributed by atoms with Gasteiger partial charge in [0.05, 0.1) is 6.10 Å². The predicted octanol–water partition coefficient (Wildman–Crippen LogP) is 4.57. The van der Waals surface area contributed by atoms with Crippen LogP contribution in [0.25, 0.3) is 0 Å². The highest BCUT2D eigenvalue weighted by Crippen LogP contribution is 2.33. The highest BCUT2D eigenvalue weighted by molar-refractivity contribution is 14.0. The van der Waals surface area contributed by atoms with Gasteiger partial charge in [-0.25, -0.2) is 0 Å². The zero-order valence-corrected chi connectivity index (χ0v) is 19.1. The fourth-order valence-corrected chi connectivity index (χ4v) is 3.61. The quantitative estimate of drug-likeness (QED) is 0.338. The summed E-state index contributed by atoms with van der Waals surface area (Å²) in [6.45, 7) is 3.90. The van der Waals surface area contributed by atoms with Gasteiger partial charge < -0.3 is 15.4 Å². The standard InChI is InChI=1S/C23H31N3O.HI/c1-18(13-14-19-9-5-3-6-10-19)26-23(24-2)25-17-21-15-16-27-22(21)20-11-7-4-8-12-20;/h3-12,18,21-22H,13-17H2,1-2H3,(H2,24,25,26);1H. The first-order chi connectivity index (χ1) is 13.3. The Morgan fingerprint density at radius 2 is 1.79 bits per heavy atom. The van der Waals surface area contributed by atoms with E-state index < -0.39 is 0 Å². The molecule has 1 aliphatic heterocycles. The molecule has 2 aromatic rings. The number of guanidine groups is 1. The van der Waals surface area contributed by atoms with Gasteiger partial charge in [-0.1, -0.05) is 60.7 Å². The molecular formula is C23H32IN3O. The highest BCUT2D eigenvalue weighted by Gasteiger charge is 2.29. The molecule has 5 heteroatoms. The van der Waals surface area contributed by atoms with E-state index >= 15 is 0 Å². The van der Waals surface area contributed by atoms with Crippen molar-refractivity contribution in [2.45, 2.75) is 38.3 Å². The van der Waals surface area contributed by atoms with Gasteiger partial charge in [0, 0.05) is 32.2 Å². The number of hydrogen-bond acceptors (Lipinski definition) is 2. The SMILES string of the molecule is CN=C(NCC1CCOC1c1ccccc1)NC(C)CCc1ccccc1.I. The lowest BCUT2D eigenvalue weighted by Crippen LogP contribution is -2.44. The number of aliphatic imine (C=N–C) groups is 1. The maximum atomic E-state index is 5.99. The molecule has 0 aromatic heterocycles. The van der Waals surface area contributed by atoms with E-state index in [1.54, 1.807) is 0 Å². The maximum absolute atomic E-state index is 5.99. The summed E-state index contributed by atoms with van der Waals surface area (Å²) >= 11 is 0. The van der Waals surface area contributed by atoms with Gasteiger partial charge in [0.25, 0.3) is 0 Å². The van der Waals surface area contributed by atoms with Gasteiger partial charge in [0.1, 0.15) is 0 Å². The maximum Gasteiger partial charge on any atom is 0.191 e. The lowest BCUT2D eigenvalue weighted by molar-refractivity contribution is 0.0915. The molecule has 0 amide bonds. The Hall–Kier alpha value is -1.60. The average molecular weight is 493 g/mol. The molecule has 2 N–H and O–H groups in total. The van der Waals surface area contributed by atoms with Gasteiger partial charge >= 0.3 is 0 Å². The summed E-state index contributed by atoms with van der Waals surface area (Å²) in [5, 5.41) is 7.01. The van der Waals surface area contributed by atoms with Crippen LogP contribution in [-0.4, -0.2) is 32.2 Å². The lowest BCUT2D eigenvalue weighted by Gasteiger charge is -2.22. The van der Waals surface area contributed by atoms with Crippen LogP contribution < -0.4 is 10.6 Å². The van der Waals surface area contributed by atoms with Gasteiger partial charge in [0.15, 0.2) is 5.96 Å². The van der Waals surface area contributed by atoms with Crippen LogP contribution in [0.2, 0.25) is 0 Å². The first kappa shape index (κ1) is 22.7. The Balaban J connectivity index is 0.00000280. The zero-order valence-electron chi connectivity index (χ0n) is 16.8. The van der Waals surface area contributed by atoms with E-state index in [1.807, 2.05) is 13.1 Å². The summed E-state index contributed by atoms with van der Waals surface area (Å²) in [6.07, 6.45) is 3.39. The molecule has 3 rings (SSSR count). The van der Waals surface area contributed by atoms with Crippen molar-refractivity contribution < 1.29 is 4.74 Å². The summed E-state index contributed by atoms with van der Waals surface area (Å²) in [5.74, 6) is 1.33. The second-order valence-electron chi connectivity index (χ2n) is 7.27. The molecule has 2 aromatic carbocycles. The number of benzene rings is 2. The number of ether oxygens (including phenoxy) is 1. The molecule has 4 nitrogen and oxygen atoms in total. The van der Waals surface area contributed by atoms with Crippen LogP contribution >= 0.6 is 24.0 Å². The molecule has 0 bridgehead atoms. The van der Waals surface area contributed by atoms with E-state index in [2.05, 4.69) is 77.1 Å². The molecule has 0 aliphatic carbocycles. The first-order valence-electron chi connectivity index (χ1n) is 9.94. The molecule has 152 valence electrons. The first-order valence-corrected chi connectivity index (χ1v) is 9.94. The summed E-state index contributed by atoms with van der Waals surface area (Å²) in [5.41, 5.74) is 2.64. The minimum absolute atomic E-state index is 0. The molecule has 0 saturated carbocycles. The highest BCUT2D eigenvalue weighted by atomic mass is 127. The van der Waals surface area contributed by atoms with E-state index in [0.29, 0.717) is 12.0 Å². The monoisotopic (exact) mass is 493 g/mol. The van der Waals surface area contributed by atoms with Crippen LogP contribution in [0.5, 0.6) is 0 Å². The van der Waals surface area contributed by atoms with Crippen molar-refractivity contribution in [3.63, 3.8) is 0 Å². The van der Waals surface area contributed by atoms with Crippen LogP contribution in [0.4, 0.5) is 0 Å². The van der Waals surface area contributed by atoms with Gasteiger partial charge in [-0.05, 0) is 37.3 Å². The fourth-order valence-electron chi connectivity index (χ4n) is 3.61. The summed E-state index contributed by atoms with van der Waals surface area (Å²) < 4.78 is 5.99. The Morgan fingerprint density at radius 3 is 2.46 bits per heavy atom. The minimum atomic E-state index is 0. The van der Waals surface area contributed by atoms with E-state index in [9.17, 15) is 0 Å². The summed E-state index contributed by atoms with van der Waals surface area (Å²) in [7, 11) is 1.83. The number of hydrogen-bond donors (Lipinski definition) is 2. The van der Waals surface area contributed by atoms with Gasteiger partial charge in [-0.3, -0.25) is 4.99 Å². The second kappa shape index (κ2) is 12.1. The normalized spacial score (nSPS) is 20.3. The van der Waals surface area contributed by atoms with Gasteiger partial charge in [-0.15, -0.1) is 24.0 Å². The van der Waals surface area contributed by atoms with Crippen LogP contribution in [0, 0.1) is 5.92 Å². The molecule has 3 atom stereocenters. The largest absolute Gasteiger partial charge is 0.373 e. The second-order valence-corrected chi connectivity index (χ2v) is 7.27. The average Bonchev–Trinajstić information content (AvgIpc) is 3.19. The minimum Gasteiger partial charge on any atom is -0.373 e. The molecule has 0 spiro atoms. The molecule has 3 unspecified atom stereocenters. The Bertz CT molecular complexity index is 708. The van der Waals surface area contributed by atoms with Crippen molar-refractivity contribution in [2.75, 3.05) is 20.2 Å². The fraction of sp³-hybridized carbons (Fsp3) is 0.435. The van der Waals surface area contributed by atoms with Crippen molar-refractivity contribution in [1.82, 2.24) is 10.6 Å². The molecule has 1 fully saturated rings. The van der Waals surface area contributed by atoms with Gasteiger partial charge in [0.2, 0.25) is 0 Å². The third-order valence-electron chi connectivity index (χ3n) is 5.19. The molecule has 28 heavy (non-hydrogen) atoms. The van der Waals surface area contributed by atoms with E-state index in [-0.39, 0.29) is 30.1 Å². The predicted molar refractivity (Wildman–Crippen MR) is 127 cm³/mol. The summed E-state index contributed by atoms with van der Waals surface area (Å²) in [4.78, 5) is 4.40. The van der Waals surface area contributed by atoms with Crippen molar-refractivity contribution in [3.05, 3.63) is 71.8 Å². The Kier molecular flexibility index (Phi) is 9.78. The third-order valence-corrected chi connectivity index (χ3v) is 5.19. The molecular weight excluding hydrogens is 461 g/mol. The van der Waals surface area contributed by atoms with E-state index in [0.717, 1.165) is 38.4 Å². The van der Waals surface area contributed by atoms with Crippen LogP contribution in [0.3, 0.4) is 0 Å². The zero-order chi connectivity index (χ0) is 18.9.